The highest BCUT2D eigenvalue weighted by Crippen LogP contribution is 2.31. The van der Waals surface area contributed by atoms with Gasteiger partial charge in [-0.2, -0.15) is 0 Å². The van der Waals surface area contributed by atoms with E-state index < -0.39 is 5.91 Å². The van der Waals surface area contributed by atoms with E-state index in [-0.39, 0.29) is 36.0 Å². The van der Waals surface area contributed by atoms with Gasteiger partial charge in [0.15, 0.2) is 0 Å². The molecule has 1 aromatic heterocycles. The number of nitrogens with zero attached hydrogens (tertiary/aromatic N) is 3. The van der Waals surface area contributed by atoms with Crippen LogP contribution in [0.2, 0.25) is 0 Å². The summed E-state index contributed by atoms with van der Waals surface area (Å²) >= 11 is 0. The van der Waals surface area contributed by atoms with Crippen LogP contribution in [0.4, 0.5) is 16.1 Å². The van der Waals surface area contributed by atoms with Gasteiger partial charge in [-0.15, -0.1) is 5.10 Å². The molecule has 0 unspecified atom stereocenters. The smallest absolute Gasteiger partial charge is 0.322 e. The van der Waals surface area contributed by atoms with Gasteiger partial charge in [0.2, 0.25) is 11.8 Å². The highest BCUT2D eigenvalue weighted by Gasteiger charge is 2.35. The Morgan fingerprint density at radius 3 is 2.59 bits per heavy atom. The lowest BCUT2D eigenvalue weighted by Crippen LogP contribution is -2.24. The fraction of sp³-hybridized carbons (Fsp3) is 0.200. The Bertz CT molecular complexity index is 1030. The summed E-state index contributed by atoms with van der Waals surface area (Å²) in [5.74, 6) is -0.314. The van der Waals surface area contributed by atoms with Gasteiger partial charge in [-0.05, 0) is 48.5 Å². The molecule has 1 fully saturated rings. The van der Waals surface area contributed by atoms with E-state index in [4.69, 9.17) is 9.15 Å². The lowest BCUT2D eigenvalue weighted by Gasteiger charge is -2.15. The van der Waals surface area contributed by atoms with E-state index >= 15 is 0 Å². The largest absolute Gasteiger partial charge is 0.497 e. The van der Waals surface area contributed by atoms with Crippen LogP contribution >= 0.6 is 0 Å². The Kier molecular flexibility index (Phi) is 4.94. The van der Waals surface area contributed by atoms with Gasteiger partial charge < -0.3 is 14.1 Å². The van der Waals surface area contributed by atoms with Gasteiger partial charge in [-0.1, -0.05) is 5.10 Å². The summed E-state index contributed by atoms with van der Waals surface area (Å²) in [5, 5.41) is 10.3. The normalized spacial score (nSPS) is 16.1. The summed E-state index contributed by atoms with van der Waals surface area (Å²) in [6.45, 7) is 0.332. The molecule has 1 atom stereocenters. The molecule has 0 spiro atoms. The summed E-state index contributed by atoms with van der Waals surface area (Å²) in [4.78, 5) is 26.2. The van der Waals surface area contributed by atoms with Crippen molar-refractivity contribution in [3.63, 3.8) is 0 Å². The van der Waals surface area contributed by atoms with Crippen LogP contribution in [0.25, 0.3) is 0 Å². The second-order valence-corrected chi connectivity index (χ2v) is 6.51. The molecular formula is C20H17FN4O4. The maximum absolute atomic E-state index is 13.1. The Labute approximate surface area is 165 Å². The predicted octanol–water partition coefficient (Wildman–Crippen LogP) is 2.99. The Hall–Kier alpha value is -3.75. The Morgan fingerprint density at radius 1 is 1.17 bits per heavy atom. The summed E-state index contributed by atoms with van der Waals surface area (Å²) < 4.78 is 23.7. The van der Waals surface area contributed by atoms with E-state index in [0.717, 1.165) is 0 Å². The summed E-state index contributed by atoms with van der Waals surface area (Å²) in [6, 6.07) is 12.2. The van der Waals surface area contributed by atoms with Gasteiger partial charge in [0.05, 0.1) is 13.0 Å². The highest BCUT2D eigenvalue weighted by atomic mass is 19.1. The van der Waals surface area contributed by atoms with Crippen molar-refractivity contribution in [2.24, 2.45) is 0 Å². The van der Waals surface area contributed by atoms with Crippen LogP contribution in [0.5, 0.6) is 5.75 Å². The number of aromatic nitrogens is 2. The SMILES string of the molecule is COc1ccc(C(=O)Nc2nnc([C@@H]3CC(=O)N(c4ccc(F)cc4)C3)o2)cc1. The van der Waals surface area contributed by atoms with E-state index in [1.165, 1.54) is 12.1 Å². The number of methoxy groups -OCH3 is 1. The molecule has 2 heterocycles. The molecule has 2 amide bonds. The molecule has 0 aliphatic carbocycles. The predicted molar refractivity (Wildman–Crippen MR) is 101 cm³/mol. The zero-order valence-electron chi connectivity index (χ0n) is 15.5. The second-order valence-electron chi connectivity index (χ2n) is 6.51. The second kappa shape index (κ2) is 7.70. The Morgan fingerprint density at radius 2 is 1.90 bits per heavy atom. The van der Waals surface area contributed by atoms with Crippen LogP contribution in [0.3, 0.4) is 0 Å². The number of amides is 2. The number of hydrogen-bond donors (Lipinski definition) is 1. The van der Waals surface area contributed by atoms with Crippen LogP contribution in [-0.4, -0.2) is 35.7 Å². The summed E-state index contributed by atoms with van der Waals surface area (Å²) in [7, 11) is 1.54. The van der Waals surface area contributed by atoms with Crippen molar-refractivity contribution in [3.05, 3.63) is 65.8 Å². The van der Waals surface area contributed by atoms with E-state index in [2.05, 4.69) is 15.5 Å². The monoisotopic (exact) mass is 396 g/mol. The average Bonchev–Trinajstić information content (AvgIpc) is 3.35. The summed E-state index contributed by atoms with van der Waals surface area (Å²) in [6.07, 6.45) is 0.186. The van der Waals surface area contributed by atoms with Gasteiger partial charge in [-0.3, -0.25) is 14.9 Å². The fourth-order valence-corrected chi connectivity index (χ4v) is 3.11. The first-order valence-electron chi connectivity index (χ1n) is 8.88. The molecule has 1 N–H and O–H groups in total. The van der Waals surface area contributed by atoms with Crippen molar-refractivity contribution in [2.45, 2.75) is 12.3 Å². The summed E-state index contributed by atoms with van der Waals surface area (Å²) in [5.41, 5.74) is 1.01. The van der Waals surface area contributed by atoms with Crippen molar-refractivity contribution in [2.75, 3.05) is 23.9 Å². The minimum atomic E-state index is -0.404. The standard InChI is InChI=1S/C20H17FN4O4/c1-28-16-8-2-12(3-9-16)18(27)22-20-24-23-19(29-20)13-10-17(26)25(11-13)15-6-4-14(21)5-7-15/h2-9,13H,10-11H2,1H3,(H,22,24,27)/t13-/m1/s1. The van der Waals surface area contributed by atoms with Crippen LogP contribution in [-0.2, 0) is 4.79 Å². The molecule has 9 heteroatoms. The first-order chi connectivity index (χ1) is 14.0. The first-order valence-corrected chi connectivity index (χ1v) is 8.88. The minimum Gasteiger partial charge on any atom is -0.497 e. The lowest BCUT2D eigenvalue weighted by molar-refractivity contribution is -0.117. The lowest BCUT2D eigenvalue weighted by atomic mass is 10.1. The Balaban J connectivity index is 1.42. The van der Waals surface area contributed by atoms with Crippen LogP contribution < -0.4 is 15.0 Å². The molecule has 0 radical (unpaired) electrons. The molecular weight excluding hydrogens is 379 g/mol. The van der Waals surface area contributed by atoms with Crippen molar-refractivity contribution in [1.82, 2.24) is 10.2 Å². The maximum Gasteiger partial charge on any atom is 0.322 e. The first kappa shape index (κ1) is 18.6. The van der Waals surface area contributed by atoms with E-state index in [1.807, 2.05) is 0 Å². The molecule has 8 nitrogen and oxygen atoms in total. The molecule has 1 aliphatic heterocycles. The van der Waals surface area contributed by atoms with E-state index in [9.17, 15) is 14.0 Å². The third-order valence-electron chi connectivity index (χ3n) is 4.63. The third-order valence-corrected chi connectivity index (χ3v) is 4.63. The molecule has 2 aromatic carbocycles. The zero-order chi connectivity index (χ0) is 20.4. The van der Waals surface area contributed by atoms with Gasteiger partial charge in [0, 0.05) is 24.2 Å². The molecule has 1 aliphatic rings. The number of benzene rings is 2. The molecule has 4 rings (SSSR count). The highest BCUT2D eigenvalue weighted by molar-refractivity contribution is 6.03. The molecule has 29 heavy (non-hydrogen) atoms. The van der Waals surface area contributed by atoms with Crippen molar-refractivity contribution in [1.29, 1.82) is 0 Å². The van der Waals surface area contributed by atoms with Crippen molar-refractivity contribution in [3.8, 4) is 5.75 Å². The van der Waals surface area contributed by atoms with Crippen LogP contribution in [0.15, 0.2) is 52.9 Å². The van der Waals surface area contributed by atoms with Crippen LogP contribution in [0.1, 0.15) is 28.6 Å². The molecule has 3 aromatic rings. The average molecular weight is 396 g/mol. The number of nitrogens with one attached hydrogen (secondary N) is 1. The van der Waals surface area contributed by atoms with Crippen molar-refractivity contribution >= 4 is 23.5 Å². The van der Waals surface area contributed by atoms with E-state index in [1.54, 1.807) is 48.4 Å². The van der Waals surface area contributed by atoms with Gasteiger partial charge in [-0.25, -0.2) is 4.39 Å². The van der Waals surface area contributed by atoms with Crippen molar-refractivity contribution < 1.29 is 23.1 Å². The number of carbonyl (C=O) groups is 2. The number of halogens is 1. The number of ether oxygens (including phenoxy) is 1. The molecule has 0 bridgehead atoms. The van der Waals surface area contributed by atoms with Gasteiger partial charge >= 0.3 is 6.01 Å². The minimum absolute atomic E-state index is 0.0477. The van der Waals surface area contributed by atoms with Gasteiger partial charge in [0.1, 0.15) is 11.6 Å². The zero-order valence-corrected chi connectivity index (χ0v) is 15.5. The third kappa shape index (κ3) is 3.93. The number of anilines is 2. The van der Waals surface area contributed by atoms with Crippen LogP contribution in [0, 0.1) is 5.82 Å². The number of carbonyl (C=O) groups excluding carboxylic acids is 2. The fourth-order valence-electron chi connectivity index (χ4n) is 3.11. The molecule has 1 saturated heterocycles. The van der Waals surface area contributed by atoms with E-state index in [0.29, 0.717) is 23.5 Å². The maximum atomic E-state index is 13.1. The number of rotatable bonds is 5. The topological polar surface area (TPSA) is 97.6 Å². The quantitative estimate of drug-likeness (QED) is 0.712. The number of hydrogen-bond acceptors (Lipinski definition) is 6. The van der Waals surface area contributed by atoms with Gasteiger partial charge in [0.25, 0.3) is 5.91 Å². The molecule has 148 valence electrons. The molecule has 0 saturated carbocycles.